The second-order valence-corrected chi connectivity index (χ2v) is 12.4. The van der Waals surface area contributed by atoms with Crippen molar-refractivity contribution >= 4 is 50.8 Å². The van der Waals surface area contributed by atoms with Gasteiger partial charge in [-0.3, -0.25) is 24.0 Å². The van der Waals surface area contributed by atoms with Gasteiger partial charge < -0.3 is 21.3 Å². The van der Waals surface area contributed by atoms with Gasteiger partial charge in [0.05, 0.1) is 10.9 Å². The van der Waals surface area contributed by atoms with Crippen LogP contribution in [-0.2, 0) is 19.2 Å². The largest absolute Gasteiger partial charge is 0.356 e. The molecule has 3 rings (SSSR count). The quantitative estimate of drug-likeness (QED) is 0.343. The van der Waals surface area contributed by atoms with Gasteiger partial charge in [-0.15, -0.1) is 11.3 Å². The van der Waals surface area contributed by atoms with Crippen LogP contribution in [0.1, 0.15) is 70.0 Å². The first-order valence-corrected chi connectivity index (χ1v) is 13.9. The van der Waals surface area contributed by atoms with E-state index in [0.717, 1.165) is 16.5 Å². The molecule has 38 heavy (non-hydrogen) atoms. The molecule has 1 aromatic heterocycles. The zero-order valence-corrected chi connectivity index (χ0v) is 23.5. The first-order valence-electron chi connectivity index (χ1n) is 13.1. The van der Waals surface area contributed by atoms with Crippen LogP contribution in [-0.4, -0.2) is 53.6 Å². The predicted molar refractivity (Wildman–Crippen MR) is 148 cm³/mol. The summed E-state index contributed by atoms with van der Waals surface area (Å²) in [7, 11) is 0. The van der Waals surface area contributed by atoms with E-state index in [9.17, 15) is 24.0 Å². The molecule has 0 spiro atoms. The third kappa shape index (κ3) is 8.11. The van der Waals surface area contributed by atoms with Crippen LogP contribution in [0, 0.1) is 11.8 Å². The average Bonchev–Trinajstić information content (AvgIpc) is 3.27. The van der Waals surface area contributed by atoms with Crippen LogP contribution in [0.3, 0.4) is 0 Å². The minimum atomic E-state index is -1.20. The third-order valence-electron chi connectivity index (χ3n) is 6.24. The number of piperidine rings is 1. The summed E-state index contributed by atoms with van der Waals surface area (Å²) in [6.07, 6.45) is 1.65. The maximum Gasteiger partial charge on any atom is 0.290 e. The molecule has 4 amide bonds. The number of carbonyl (C=O) groups excluding carboxylic acids is 5. The van der Waals surface area contributed by atoms with Gasteiger partial charge in [0.2, 0.25) is 17.6 Å². The fraction of sp³-hybridized carbons (Fsp3) is 0.536. The molecular formula is C28H38N4O5S. The second-order valence-electron chi connectivity index (χ2n) is 11.3. The summed E-state index contributed by atoms with van der Waals surface area (Å²) >= 11 is 1.33. The summed E-state index contributed by atoms with van der Waals surface area (Å²) in [4.78, 5) is 65.3. The van der Waals surface area contributed by atoms with E-state index in [2.05, 4.69) is 21.3 Å². The topological polar surface area (TPSA) is 133 Å². The molecule has 1 saturated heterocycles. The van der Waals surface area contributed by atoms with Gasteiger partial charge in [-0.1, -0.05) is 32.0 Å². The van der Waals surface area contributed by atoms with Crippen molar-refractivity contribution in [2.45, 2.75) is 77.9 Å². The van der Waals surface area contributed by atoms with Crippen molar-refractivity contribution in [1.82, 2.24) is 21.3 Å². The summed E-state index contributed by atoms with van der Waals surface area (Å²) in [5.74, 6) is -3.22. The first-order chi connectivity index (χ1) is 17.8. The van der Waals surface area contributed by atoms with Crippen LogP contribution in [0.4, 0.5) is 0 Å². The maximum absolute atomic E-state index is 13.5. The monoisotopic (exact) mass is 542 g/mol. The average molecular weight is 543 g/mol. The summed E-state index contributed by atoms with van der Waals surface area (Å²) < 4.78 is 0.962. The fourth-order valence-corrected chi connectivity index (χ4v) is 5.40. The Morgan fingerprint density at radius 2 is 1.79 bits per heavy atom. The van der Waals surface area contributed by atoms with Crippen LogP contribution in [0.25, 0.3) is 10.1 Å². The van der Waals surface area contributed by atoms with E-state index >= 15 is 0 Å². The van der Waals surface area contributed by atoms with E-state index in [1.54, 1.807) is 26.8 Å². The normalized spacial score (nSPS) is 17.4. The number of rotatable bonds is 10. The molecule has 206 valence electrons. The number of hydrogen-bond donors (Lipinski definition) is 4. The highest BCUT2D eigenvalue weighted by Gasteiger charge is 2.36. The standard InChI is InChI=1S/C28H38N4O5S/c1-16(2)13-20(31-26(36)22-15-17-9-6-7-11-21(17)38-22)25(35)30-19(14-18-10-8-12-29-24(18)34)23(33)27(37)32-28(3,4)5/h6-7,9,11,15-16,18-20H,8,10,12-14H2,1-5H3,(H,29,34)(H,30,35)(H,31,36)(H,32,37)/t18-,19?,20-/m0/s1. The van der Waals surface area contributed by atoms with Gasteiger partial charge in [-0.05, 0) is 69.9 Å². The first kappa shape index (κ1) is 29.3. The highest BCUT2D eigenvalue weighted by atomic mass is 32.1. The smallest absolute Gasteiger partial charge is 0.290 e. The minimum absolute atomic E-state index is 0.00658. The number of ketones is 1. The number of thiophene rings is 1. The van der Waals surface area contributed by atoms with Crippen molar-refractivity contribution in [2.75, 3.05) is 6.54 Å². The van der Waals surface area contributed by atoms with Crippen molar-refractivity contribution in [3.63, 3.8) is 0 Å². The van der Waals surface area contributed by atoms with Crippen LogP contribution >= 0.6 is 11.3 Å². The fourth-order valence-electron chi connectivity index (χ4n) is 4.44. The lowest BCUT2D eigenvalue weighted by molar-refractivity contribution is -0.142. The van der Waals surface area contributed by atoms with Crippen LogP contribution in [0.5, 0.6) is 0 Å². The zero-order valence-electron chi connectivity index (χ0n) is 22.7. The molecule has 1 fully saturated rings. The summed E-state index contributed by atoms with van der Waals surface area (Å²) in [6, 6.07) is 7.30. The lowest BCUT2D eigenvalue weighted by Gasteiger charge is -2.28. The van der Waals surface area contributed by atoms with Crippen molar-refractivity contribution in [1.29, 1.82) is 0 Å². The molecule has 1 aliphatic rings. The molecule has 0 aliphatic carbocycles. The van der Waals surface area contributed by atoms with E-state index in [4.69, 9.17) is 0 Å². The minimum Gasteiger partial charge on any atom is -0.356 e. The number of nitrogens with one attached hydrogen (secondary N) is 4. The Balaban J connectivity index is 1.79. The van der Waals surface area contributed by atoms with Gasteiger partial charge in [0.25, 0.3) is 11.8 Å². The molecule has 2 heterocycles. The Kier molecular flexibility index (Phi) is 9.65. The van der Waals surface area contributed by atoms with E-state index < -0.39 is 41.1 Å². The molecule has 0 radical (unpaired) electrons. The lowest BCUT2D eigenvalue weighted by Crippen LogP contribution is -2.56. The number of Topliss-reactive ketones (excluding diaryl/α,β-unsaturated/α-hetero) is 1. The third-order valence-corrected chi connectivity index (χ3v) is 7.36. The van der Waals surface area contributed by atoms with E-state index in [1.807, 2.05) is 38.1 Å². The van der Waals surface area contributed by atoms with Crippen molar-refractivity contribution in [3.05, 3.63) is 35.2 Å². The van der Waals surface area contributed by atoms with Crippen molar-refractivity contribution in [2.24, 2.45) is 11.8 Å². The van der Waals surface area contributed by atoms with Gasteiger partial charge in [0.1, 0.15) is 6.04 Å². The Hall–Kier alpha value is -3.27. The number of fused-ring (bicyclic) bond motifs is 1. The summed E-state index contributed by atoms with van der Waals surface area (Å²) in [6.45, 7) is 9.67. The number of carbonyl (C=O) groups is 5. The Bertz CT molecular complexity index is 1170. The van der Waals surface area contributed by atoms with Crippen LogP contribution < -0.4 is 21.3 Å². The summed E-state index contributed by atoms with van der Waals surface area (Å²) in [5, 5.41) is 11.9. The molecule has 1 unspecified atom stereocenters. The maximum atomic E-state index is 13.5. The van der Waals surface area contributed by atoms with E-state index in [1.165, 1.54) is 11.3 Å². The van der Waals surface area contributed by atoms with Crippen molar-refractivity contribution < 1.29 is 24.0 Å². The van der Waals surface area contributed by atoms with E-state index in [-0.39, 0.29) is 24.2 Å². The molecule has 9 nitrogen and oxygen atoms in total. The molecule has 3 atom stereocenters. The van der Waals surface area contributed by atoms with Gasteiger partial charge in [-0.25, -0.2) is 0 Å². The number of hydrogen-bond acceptors (Lipinski definition) is 6. The van der Waals surface area contributed by atoms with E-state index in [0.29, 0.717) is 24.3 Å². The van der Waals surface area contributed by atoms with Gasteiger partial charge >= 0.3 is 0 Å². The number of amides is 4. The highest BCUT2D eigenvalue weighted by Crippen LogP contribution is 2.25. The molecule has 10 heteroatoms. The van der Waals surface area contributed by atoms with Crippen molar-refractivity contribution in [3.8, 4) is 0 Å². The predicted octanol–water partition coefficient (Wildman–Crippen LogP) is 2.93. The van der Waals surface area contributed by atoms with Gasteiger partial charge in [0.15, 0.2) is 0 Å². The van der Waals surface area contributed by atoms with Crippen LogP contribution in [0.2, 0.25) is 0 Å². The molecule has 1 aliphatic heterocycles. The molecule has 1 aromatic carbocycles. The molecule has 2 aromatic rings. The molecule has 0 bridgehead atoms. The zero-order chi connectivity index (χ0) is 28.0. The second kappa shape index (κ2) is 12.5. The molecule has 4 N–H and O–H groups in total. The number of benzene rings is 1. The highest BCUT2D eigenvalue weighted by molar-refractivity contribution is 7.20. The molecule has 0 saturated carbocycles. The van der Waals surface area contributed by atoms with Crippen LogP contribution in [0.15, 0.2) is 30.3 Å². The SMILES string of the molecule is CC(C)C[C@H](NC(=O)c1cc2ccccc2s1)C(=O)NC(C[C@@H]1CCCNC1=O)C(=O)C(=O)NC(C)(C)C. The Morgan fingerprint density at radius 1 is 1.08 bits per heavy atom. The molecular weight excluding hydrogens is 504 g/mol. The van der Waals surface area contributed by atoms with Gasteiger partial charge in [0, 0.05) is 22.7 Å². The Morgan fingerprint density at radius 3 is 2.42 bits per heavy atom. The Labute approximate surface area is 227 Å². The van der Waals surface area contributed by atoms with Gasteiger partial charge in [-0.2, -0.15) is 0 Å². The summed E-state index contributed by atoms with van der Waals surface area (Å²) in [5.41, 5.74) is -0.651. The lowest BCUT2D eigenvalue weighted by atomic mass is 9.89.